The van der Waals surface area contributed by atoms with Crippen molar-refractivity contribution in [2.45, 2.75) is 32.3 Å². The highest BCUT2D eigenvalue weighted by Gasteiger charge is 2.39. The maximum Gasteiger partial charge on any atom is 0.309 e. The molecule has 4 heteroatoms. The Kier molecular flexibility index (Phi) is 4.23. The number of carbonyl (C=O) groups is 1. The van der Waals surface area contributed by atoms with E-state index in [1.165, 1.54) is 25.1 Å². The van der Waals surface area contributed by atoms with Crippen LogP contribution < -0.4 is 0 Å². The molecule has 0 saturated carbocycles. The van der Waals surface area contributed by atoms with Crippen molar-refractivity contribution in [1.29, 1.82) is 0 Å². The highest BCUT2D eigenvalue weighted by atomic mass is 19.1. The fourth-order valence-electron chi connectivity index (χ4n) is 1.99. The van der Waals surface area contributed by atoms with E-state index in [0.29, 0.717) is 12.8 Å². The van der Waals surface area contributed by atoms with Gasteiger partial charge in [-0.1, -0.05) is 31.5 Å². The van der Waals surface area contributed by atoms with Gasteiger partial charge in [-0.2, -0.15) is 0 Å². The van der Waals surface area contributed by atoms with E-state index in [2.05, 4.69) is 0 Å². The third-order valence-corrected chi connectivity index (χ3v) is 2.97. The van der Waals surface area contributed by atoms with Gasteiger partial charge in [0.1, 0.15) is 11.4 Å². The molecule has 0 aliphatic heterocycles. The van der Waals surface area contributed by atoms with Gasteiger partial charge >= 0.3 is 5.97 Å². The molecule has 0 aliphatic carbocycles. The van der Waals surface area contributed by atoms with Crippen LogP contribution in [0, 0.1) is 11.7 Å². The van der Waals surface area contributed by atoms with E-state index >= 15 is 0 Å². The predicted octanol–water partition coefficient (Wildman–Crippen LogP) is 2.53. The smallest absolute Gasteiger partial charge is 0.309 e. The van der Waals surface area contributed by atoms with Crippen LogP contribution in [0.1, 0.15) is 32.3 Å². The zero-order chi connectivity index (χ0) is 13.1. The Morgan fingerprint density at radius 1 is 1.47 bits per heavy atom. The zero-order valence-electron chi connectivity index (χ0n) is 9.98. The van der Waals surface area contributed by atoms with Crippen LogP contribution in [0.4, 0.5) is 4.39 Å². The third kappa shape index (κ3) is 2.82. The van der Waals surface area contributed by atoms with E-state index in [0.717, 1.165) is 0 Å². The lowest BCUT2D eigenvalue weighted by Gasteiger charge is -2.30. The minimum atomic E-state index is -1.70. The largest absolute Gasteiger partial charge is 0.481 e. The summed E-state index contributed by atoms with van der Waals surface area (Å²) < 4.78 is 13.6. The normalized spacial score (nSPS) is 16.2. The molecule has 0 aromatic heterocycles. The lowest BCUT2D eigenvalue weighted by Crippen LogP contribution is -2.38. The lowest BCUT2D eigenvalue weighted by molar-refractivity contribution is -0.152. The first kappa shape index (κ1) is 13.6. The number of carboxylic acid groups (broad SMARTS) is 1. The second-order valence-corrected chi connectivity index (χ2v) is 4.31. The average molecular weight is 240 g/mol. The van der Waals surface area contributed by atoms with Crippen molar-refractivity contribution < 1.29 is 19.4 Å². The molecule has 0 bridgehead atoms. The molecule has 2 N–H and O–H groups in total. The van der Waals surface area contributed by atoms with Gasteiger partial charge in [0.25, 0.3) is 0 Å². The molecule has 17 heavy (non-hydrogen) atoms. The van der Waals surface area contributed by atoms with Gasteiger partial charge in [-0.3, -0.25) is 4.79 Å². The van der Waals surface area contributed by atoms with Gasteiger partial charge < -0.3 is 10.2 Å². The number of carboxylic acids is 1. The average Bonchev–Trinajstić information content (AvgIpc) is 2.25. The molecule has 0 aliphatic rings. The molecule has 0 saturated heterocycles. The molecule has 94 valence electrons. The molecule has 0 heterocycles. The molecule has 1 aromatic rings. The number of halogens is 1. The summed E-state index contributed by atoms with van der Waals surface area (Å²) in [6.07, 6.45) is 0.915. The second kappa shape index (κ2) is 5.27. The molecule has 3 nitrogen and oxygen atoms in total. The number of rotatable bonds is 5. The van der Waals surface area contributed by atoms with E-state index in [1.54, 1.807) is 6.07 Å². The van der Waals surface area contributed by atoms with Crippen LogP contribution in [0.2, 0.25) is 0 Å². The summed E-state index contributed by atoms with van der Waals surface area (Å²) in [4.78, 5) is 11.1. The van der Waals surface area contributed by atoms with Gasteiger partial charge in [-0.25, -0.2) is 4.39 Å². The number of aliphatic hydroxyl groups is 1. The van der Waals surface area contributed by atoms with Gasteiger partial charge in [0.2, 0.25) is 0 Å². The molecular formula is C13H17FO3. The molecule has 1 aromatic carbocycles. The monoisotopic (exact) mass is 240 g/mol. The Morgan fingerprint density at radius 2 is 2.06 bits per heavy atom. The minimum absolute atomic E-state index is 0.0286. The van der Waals surface area contributed by atoms with Gasteiger partial charge in [-0.15, -0.1) is 0 Å². The van der Waals surface area contributed by atoms with Crippen molar-refractivity contribution in [1.82, 2.24) is 0 Å². The second-order valence-electron chi connectivity index (χ2n) is 4.31. The Bertz CT molecular complexity index is 401. The van der Waals surface area contributed by atoms with Crippen LogP contribution in [0.3, 0.4) is 0 Å². The number of aliphatic carboxylic acids is 1. The fourth-order valence-corrected chi connectivity index (χ4v) is 1.99. The molecule has 0 spiro atoms. The van der Waals surface area contributed by atoms with Crippen molar-refractivity contribution in [3.63, 3.8) is 0 Å². The number of hydrogen-bond acceptors (Lipinski definition) is 2. The molecule has 0 fully saturated rings. The number of hydrogen-bond donors (Lipinski definition) is 2. The first-order chi connectivity index (χ1) is 7.91. The van der Waals surface area contributed by atoms with Crippen molar-refractivity contribution in [3.8, 4) is 0 Å². The van der Waals surface area contributed by atoms with Crippen molar-refractivity contribution in [2.75, 3.05) is 0 Å². The summed E-state index contributed by atoms with van der Waals surface area (Å²) in [5.41, 5.74) is -1.67. The zero-order valence-corrected chi connectivity index (χ0v) is 9.98. The van der Waals surface area contributed by atoms with Crippen molar-refractivity contribution >= 4 is 5.97 Å². The molecule has 2 unspecified atom stereocenters. The quantitative estimate of drug-likeness (QED) is 0.831. The highest BCUT2D eigenvalue weighted by Crippen LogP contribution is 2.34. The van der Waals surface area contributed by atoms with Crippen LogP contribution in [0.15, 0.2) is 24.3 Å². The minimum Gasteiger partial charge on any atom is -0.481 e. The molecule has 2 atom stereocenters. The Balaban J connectivity index is 3.16. The standard InChI is InChI=1S/C13H17FO3/c1-3-6-10(12(15)16)13(2,17)9-7-4-5-8-11(9)14/h4-5,7-8,10,17H,3,6H2,1-2H3,(H,15,16). The van der Waals surface area contributed by atoms with E-state index in [4.69, 9.17) is 5.11 Å². The SMILES string of the molecule is CCCC(C(=O)O)C(C)(O)c1ccccc1F. The predicted molar refractivity (Wildman–Crippen MR) is 62.0 cm³/mol. The van der Waals surface area contributed by atoms with E-state index in [-0.39, 0.29) is 5.56 Å². The lowest BCUT2D eigenvalue weighted by atomic mass is 9.80. The summed E-state index contributed by atoms with van der Waals surface area (Å²) >= 11 is 0. The summed E-state index contributed by atoms with van der Waals surface area (Å²) in [5.74, 6) is -2.70. The summed E-state index contributed by atoms with van der Waals surface area (Å²) in [6.45, 7) is 3.17. The van der Waals surface area contributed by atoms with E-state index in [1.807, 2.05) is 6.92 Å². The topological polar surface area (TPSA) is 57.5 Å². The first-order valence-electron chi connectivity index (χ1n) is 5.61. The Labute approximate surface area is 99.9 Å². The van der Waals surface area contributed by atoms with E-state index < -0.39 is 23.3 Å². The summed E-state index contributed by atoms with van der Waals surface area (Å²) in [7, 11) is 0. The molecule has 0 radical (unpaired) electrons. The van der Waals surface area contributed by atoms with Crippen LogP contribution >= 0.6 is 0 Å². The van der Waals surface area contributed by atoms with Crippen LogP contribution in [-0.4, -0.2) is 16.2 Å². The third-order valence-electron chi connectivity index (χ3n) is 2.97. The van der Waals surface area contributed by atoms with Gasteiger partial charge in [-0.05, 0) is 19.4 Å². The van der Waals surface area contributed by atoms with Crippen LogP contribution in [0.5, 0.6) is 0 Å². The maximum atomic E-state index is 13.6. The Morgan fingerprint density at radius 3 is 2.53 bits per heavy atom. The number of benzene rings is 1. The molecular weight excluding hydrogens is 223 g/mol. The van der Waals surface area contributed by atoms with Crippen LogP contribution in [0.25, 0.3) is 0 Å². The first-order valence-corrected chi connectivity index (χ1v) is 5.61. The molecule has 1 rings (SSSR count). The van der Waals surface area contributed by atoms with Gasteiger partial charge in [0, 0.05) is 5.56 Å². The van der Waals surface area contributed by atoms with Gasteiger partial charge in [0.15, 0.2) is 0 Å². The summed E-state index contributed by atoms with van der Waals surface area (Å²) in [6, 6.07) is 5.72. The maximum absolute atomic E-state index is 13.6. The van der Waals surface area contributed by atoms with Crippen molar-refractivity contribution in [2.24, 2.45) is 5.92 Å². The fraction of sp³-hybridized carbons (Fsp3) is 0.462. The Hall–Kier alpha value is -1.42. The van der Waals surface area contributed by atoms with Crippen molar-refractivity contribution in [3.05, 3.63) is 35.6 Å². The van der Waals surface area contributed by atoms with E-state index in [9.17, 15) is 14.3 Å². The molecule has 0 amide bonds. The van der Waals surface area contributed by atoms with Crippen LogP contribution in [-0.2, 0) is 10.4 Å². The highest BCUT2D eigenvalue weighted by molar-refractivity contribution is 5.72. The summed E-state index contributed by atoms with van der Waals surface area (Å²) in [5, 5.41) is 19.4. The van der Waals surface area contributed by atoms with Gasteiger partial charge in [0.05, 0.1) is 5.92 Å².